The maximum absolute atomic E-state index is 11.3. The van der Waals surface area contributed by atoms with Crippen molar-refractivity contribution >= 4 is 5.78 Å². The molecule has 2 nitrogen and oxygen atoms in total. The summed E-state index contributed by atoms with van der Waals surface area (Å²) in [5, 5.41) is 0. The molecule has 0 unspecified atom stereocenters. The minimum absolute atomic E-state index is 0.103. The molecule has 0 atom stereocenters. The Hall–Kier alpha value is -1.31. The fourth-order valence-corrected chi connectivity index (χ4v) is 1.55. The van der Waals surface area contributed by atoms with E-state index in [2.05, 4.69) is 0 Å². The van der Waals surface area contributed by atoms with Crippen LogP contribution in [-0.4, -0.2) is 11.9 Å². The third-order valence-electron chi connectivity index (χ3n) is 2.26. The SMILES string of the molecule is CC(=O)c1cc(C)c(OC(C)C)cc1C. The minimum Gasteiger partial charge on any atom is -0.491 e. The predicted octanol–water partition coefficient (Wildman–Crippen LogP) is 3.29. The predicted molar refractivity (Wildman–Crippen MR) is 61.7 cm³/mol. The van der Waals surface area contributed by atoms with Gasteiger partial charge in [0, 0.05) is 5.56 Å². The van der Waals surface area contributed by atoms with E-state index in [0.717, 1.165) is 22.4 Å². The molecule has 0 aromatic heterocycles. The Balaban J connectivity index is 3.13. The maximum atomic E-state index is 11.3. The minimum atomic E-state index is 0.103. The third kappa shape index (κ3) is 2.82. The van der Waals surface area contributed by atoms with Crippen LogP contribution in [0.15, 0.2) is 12.1 Å². The number of aryl methyl sites for hydroxylation is 2. The van der Waals surface area contributed by atoms with Gasteiger partial charge >= 0.3 is 0 Å². The van der Waals surface area contributed by atoms with E-state index in [1.807, 2.05) is 39.8 Å². The van der Waals surface area contributed by atoms with Crippen molar-refractivity contribution in [3.05, 3.63) is 28.8 Å². The lowest BCUT2D eigenvalue weighted by Crippen LogP contribution is -2.08. The van der Waals surface area contributed by atoms with E-state index in [1.165, 1.54) is 0 Å². The summed E-state index contributed by atoms with van der Waals surface area (Å²) >= 11 is 0. The van der Waals surface area contributed by atoms with E-state index in [4.69, 9.17) is 4.74 Å². The highest BCUT2D eigenvalue weighted by atomic mass is 16.5. The molecule has 0 aliphatic heterocycles. The Kier molecular flexibility index (Phi) is 3.51. The number of rotatable bonds is 3. The first-order valence-electron chi connectivity index (χ1n) is 5.20. The zero-order valence-corrected chi connectivity index (χ0v) is 10.0. The number of hydrogen-bond donors (Lipinski definition) is 0. The lowest BCUT2D eigenvalue weighted by molar-refractivity contribution is 0.101. The van der Waals surface area contributed by atoms with Crippen molar-refractivity contribution in [3.8, 4) is 5.75 Å². The second-order valence-corrected chi connectivity index (χ2v) is 4.16. The van der Waals surface area contributed by atoms with Crippen molar-refractivity contribution < 1.29 is 9.53 Å². The fraction of sp³-hybridized carbons (Fsp3) is 0.462. The summed E-state index contributed by atoms with van der Waals surface area (Å²) in [5.74, 6) is 0.971. The van der Waals surface area contributed by atoms with Crippen LogP contribution in [-0.2, 0) is 0 Å². The van der Waals surface area contributed by atoms with Gasteiger partial charge in [0.15, 0.2) is 5.78 Å². The van der Waals surface area contributed by atoms with Crippen LogP contribution in [0.2, 0.25) is 0 Å². The number of carbonyl (C=O) groups is 1. The number of carbonyl (C=O) groups excluding carboxylic acids is 1. The van der Waals surface area contributed by atoms with Gasteiger partial charge in [-0.15, -0.1) is 0 Å². The molecule has 1 aromatic rings. The van der Waals surface area contributed by atoms with Crippen LogP contribution in [0.3, 0.4) is 0 Å². The van der Waals surface area contributed by atoms with Crippen LogP contribution >= 0.6 is 0 Å². The van der Waals surface area contributed by atoms with Gasteiger partial charge in [0.1, 0.15) is 5.75 Å². The van der Waals surface area contributed by atoms with Crippen molar-refractivity contribution in [1.29, 1.82) is 0 Å². The van der Waals surface area contributed by atoms with E-state index in [0.29, 0.717) is 0 Å². The van der Waals surface area contributed by atoms with E-state index < -0.39 is 0 Å². The molecule has 0 heterocycles. The number of Topliss-reactive ketones (excluding diaryl/α,β-unsaturated/α-hetero) is 1. The smallest absolute Gasteiger partial charge is 0.160 e. The number of hydrogen-bond acceptors (Lipinski definition) is 2. The van der Waals surface area contributed by atoms with Crippen molar-refractivity contribution in [2.75, 3.05) is 0 Å². The molecule has 0 bridgehead atoms. The molecule has 1 aromatic carbocycles. The number of ketones is 1. The van der Waals surface area contributed by atoms with Gasteiger partial charge in [-0.2, -0.15) is 0 Å². The summed E-state index contributed by atoms with van der Waals surface area (Å²) in [6.07, 6.45) is 0.159. The van der Waals surface area contributed by atoms with Gasteiger partial charge in [-0.05, 0) is 57.9 Å². The number of benzene rings is 1. The fourth-order valence-electron chi connectivity index (χ4n) is 1.55. The summed E-state index contributed by atoms with van der Waals surface area (Å²) in [6, 6.07) is 3.83. The molecule has 0 N–H and O–H groups in total. The Morgan fingerprint density at radius 1 is 1.20 bits per heavy atom. The summed E-state index contributed by atoms with van der Waals surface area (Å²) in [5.41, 5.74) is 2.77. The standard InChI is InChI=1S/C13H18O2/c1-8(2)15-13-7-9(3)12(11(5)14)6-10(13)4/h6-8H,1-5H3. The van der Waals surface area contributed by atoms with Gasteiger partial charge in [0.2, 0.25) is 0 Å². The Morgan fingerprint density at radius 3 is 2.27 bits per heavy atom. The Labute approximate surface area is 91.3 Å². The molecule has 0 amide bonds. The molecular formula is C13H18O2. The molecule has 2 heteroatoms. The molecule has 0 fully saturated rings. The molecule has 0 saturated heterocycles. The lowest BCUT2D eigenvalue weighted by Gasteiger charge is -2.14. The van der Waals surface area contributed by atoms with Crippen LogP contribution in [0.1, 0.15) is 42.3 Å². The Morgan fingerprint density at radius 2 is 1.80 bits per heavy atom. The third-order valence-corrected chi connectivity index (χ3v) is 2.26. The van der Waals surface area contributed by atoms with Crippen LogP contribution in [0, 0.1) is 13.8 Å². The van der Waals surface area contributed by atoms with E-state index in [1.54, 1.807) is 6.92 Å². The van der Waals surface area contributed by atoms with Gasteiger partial charge in [-0.25, -0.2) is 0 Å². The van der Waals surface area contributed by atoms with E-state index in [-0.39, 0.29) is 11.9 Å². The quantitative estimate of drug-likeness (QED) is 0.709. The normalized spacial score (nSPS) is 10.5. The zero-order chi connectivity index (χ0) is 11.6. The maximum Gasteiger partial charge on any atom is 0.160 e. The van der Waals surface area contributed by atoms with Crippen LogP contribution < -0.4 is 4.74 Å². The molecule has 0 aliphatic rings. The number of ether oxygens (including phenoxy) is 1. The van der Waals surface area contributed by atoms with Gasteiger partial charge in [-0.1, -0.05) is 0 Å². The largest absolute Gasteiger partial charge is 0.491 e. The van der Waals surface area contributed by atoms with Crippen LogP contribution in [0.4, 0.5) is 0 Å². The first-order valence-corrected chi connectivity index (χ1v) is 5.20. The van der Waals surface area contributed by atoms with Crippen molar-refractivity contribution in [2.24, 2.45) is 0 Å². The van der Waals surface area contributed by atoms with Crippen LogP contribution in [0.25, 0.3) is 0 Å². The summed E-state index contributed by atoms with van der Waals surface area (Å²) in [6.45, 7) is 9.47. The highest BCUT2D eigenvalue weighted by Gasteiger charge is 2.09. The molecular weight excluding hydrogens is 188 g/mol. The highest BCUT2D eigenvalue weighted by molar-refractivity contribution is 5.95. The summed E-state index contributed by atoms with van der Waals surface area (Å²) in [4.78, 5) is 11.3. The summed E-state index contributed by atoms with van der Waals surface area (Å²) in [7, 11) is 0. The molecule has 0 radical (unpaired) electrons. The van der Waals surface area contributed by atoms with Crippen molar-refractivity contribution in [3.63, 3.8) is 0 Å². The van der Waals surface area contributed by atoms with Crippen molar-refractivity contribution in [2.45, 2.75) is 40.7 Å². The highest BCUT2D eigenvalue weighted by Crippen LogP contribution is 2.24. The Bertz CT molecular complexity index is 378. The van der Waals surface area contributed by atoms with Gasteiger partial charge < -0.3 is 4.74 Å². The zero-order valence-electron chi connectivity index (χ0n) is 10.0. The second kappa shape index (κ2) is 4.47. The molecule has 82 valence electrons. The van der Waals surface area contributed by atoms with Crippen molar-refractivity contribution in [1.82, 2.24) is 0 Å². The van der Waals surface area contributed by atoms with Crippen LogP contribution in [0.5, 0.6) is 5.75 Å². The molecule has 1 rings (SSSR count). The second-order valence-electron chi connectivity index (χ2n) is 4.16. The monoisotopic (exact) mass is 206 g/mol. The first-order chi connectivity index (χ1) is 6.91. The van der Waals surface area contributed by atoms with E-state index in [9.17, 15) is 4.79 Å². The molecule has 0 spiro atoms. The topological polar surface area (TPSA) is 26.3 Å². The summed E-state index contributed by atoms with van der Waals surface area (Å²) < 4.78 is 5.65. The lowest BCUT2D eigenvalue weighted by atomic mass is 10.0. The van der Waals surface area contributed by atoms with Gasteiger partial charge in [-0.3, -0.25) is 4.79 Å². The average Bonchev–Trinajstić information content (AvgIpc) is 2.09. The van der Waals surface area contributed by atoms with Gasteiger partial charge in [0.05, 0.1) is 6.10 Å². The average molecular weight is 206 g/mol. The molecule has 0 saturated carbocycles. The molecule has 15 heavy (non-hydrogen) atoms. The first kappa shape index (κ1) is 11.8. The molecule has 0 aliphatic carbocycles. The van der Waals surface area contributed by atoms with E-state index >= 15 is 0 Å². The van der Waals surface area contributed by atoms with Gasteiger partial charge in [0.25, 0.3) is 0 Å².